The average molecular weight is 547 g/mol. The Labute approximate surface area is 223 Å². The van der Waals surface area contributed by atoms with Crippen LogP contribution in [0.3, 0.4) is 0 Å². The number of sulfonamides is 1. The van der Waals surface area contributed by atoms with Gasteiger partial charge in [-0.15, -0.1) is 0 Å². The summed E-state index contributed by atoms with van der Waals surface area (Å²) in [6, 6.07) is 7.87. The minimum absolute atomic E-state index is 0.0686. The van der Waals surface area contributed by atoms with Crippen LogP contribution in [-0.4, -0.2) is 68.2 Å². The zero-order valence-corrected chi connectivity index (χ0v) is 22.7. The van der Waals surface area contributed by atoms with Crippen LogP contribution in [0, 0.1) is 0 Å². The molecule has 0 saturated carbocycles. The number of carbonyl (C=O) groups excluding carboxylic acids is 4. The zero-order chi connectivity index (χ0) is 28.1. The number of amides is 3. The van der Waals surface area contributed by atoms with Crippen LogP contribution in [0.2, 0.25) is 0 Å². The van der Waals surface area contributed by atoms with Gasteiger partial charge in [0, 0.05) is 24.8 Å². The Morgan fingerprint density at radius 1 is 0.868 bits per heavy atom. The highest BCUT2D eigenvalue weighted by molar-refractivity contribution is 7.90. The summed E-state index contributed by atoms with van der Waals surface area (Å²) in [5, 5.41) is 2.33. The molecule has 1 aromatic heterocycles. The van der Waals surface area contributed by atoms with E-state index in [4.69, 9.17) is 4.74 Å². The van der Waals surface area contributed by atoms with Crippen LogP contribution < -0.4 is 10.0 Å². The number of esters is 1. The van der Waals surface area contributed by atoms with E-state index in [1.165, 1.54) is 36.4 Å². The van der Waals surface area contributed by atoms with Gasteiger partial charge in [-0.1, -0.05) is 26.7 Å². The summed E-state index contributed by atoms with van der Waals surface area (Å²) in [4.78, 5) is 54.3. The Bertz CT molecular complexity index is 1210. The van der Waals surface area contributed by atoms with Gasteiger partial charge in [0.25, 0.3) is 27.7 Å². The number of hydrogen-bond acceptors (Lipinski definition) is 8. The van der Waals surface area contributed by atoms with Crippen LogP contribution in [0.1, 0.15) is 77.7 Å². The number of pyridine rings is 1. The first-order valence-electron chi connectivity index (χ1n) is 12.5. The highest BCUT2D eigenvalue weighted by Crippen LogP contribution is 2.14. The van der Waals surface area contributed by atoms with Gasteiger partial charge in [-0.25, -0.2) is 13.1 Å². The molecule has 0 aliphatic carbocycles. The Kier molecular flexibility index (Phi) is 11.9. The van der Waals surface area contributed by atoms with Crippen molar-refractivity contribution in [1.29, 1.82) is 0 Å². The highest BCUT2D eigenvalue weighted by atomic mass is 32.2. The molecule has 1 aromatic carbocycles. The number of aromatic nitrogens is 1. The first-order valence-corrected chi connectivity index (χ1v) is 14.0. The summed E-state index contributed by atoms with van der Waals surface area (Å²) in [5.74, 6) is -2.38. The Morgan fingerprint density at radius 2 is 1.47 bits per heavy atom. The monoisotopic (exact) mass is 546 g/mol. The zero-order valence-electron chi connectivity index (χ0n) is 21.9. The van der Waals surface area contributed by atoms with E-state index < -0.39 is 27.8 Å². The van der Waals surface area contributed by atoms with Crippen LogP contribution in [0.25, 0.3) is 0 Å². The number of hydrogen-bond donors (Lipinski definition) is 2. The minimum atomic E-state index is -4.23. The molecule has 0 spiro atoms. The van der Waals surface area contributed by atoms with Gasteiger partial charge in [0.05, 0.1) is 17.1 Å². The standard InChI is InChI=1S/C26H34N4O7S/c1-4-7-15-30(16-8-5-2)26(34)19-9-12-21(13-10-19)38(35,36)29-24(32)20-11-14-22(27-17-20)25(33)28-18-23(31)37-6-3/h9-14,17H,4-8,15-16,18H2,1-3H3,(H,28,33)(H,29,32). The molecule has 38 heavy (non-hydrogen) atoms. The molecule has 11 nitrogen and oxygen atoms in total. The van der Waals surface area contributed by atoms with Crippen molar-refractivity contribution in [1.82, 2.24) is 19.9 Å². The second-order valence-corrected chi connectivity index (χ2v) is 10.1. The fourth-order valence-electron chi connectivity index (χ4n) is 3.33. The van der Waals surface area contributed by atoms with Crippen LogP contribution in [0.15, 0.2) is 47.5 Å². The Hall–Kier alpha value is -3.80. The molecule has 0 aliphatic rings. The molecule has 1 heterocycles. The van der Waals surface area contributed by atoms with Crippen molar-refractivity contribution in [3.8, 4) is 0 Å². The van der Waals surface area contributed by atoms with Gasteiger partial charge in [-0.3, -0.25) is 24.2 Å². The number of nitrogens with one attached hydrogen (secondary N) is 2. The van der Waals surface area contributed by atoms with Crippen LogP contribution in [-0.2, 0) is 19.6 Å². The van der Waals surface area contributed by atoms with Gasteiger partial charge < -0.3 is 15.0 Å². The average Bonchev–Trinajstić information content (AvgIpc) is 2.91. The molecule has 2 aromatic rings. The molecule has 2 N–H and O–H groups in total. The van der Waals surface area contributed by atoms with Crippen LogP contribution in [0.4, 0.5) is 0 Å². The number of benzene rings is 1. The fraction of sp³-hybridized carbons (Fsp3) is 0.423. The van der Waals surface area contributed by atoms with Gasteiger partial charge in [0.1, 0.15) is 12.2 Å². The molecule has 2 rings (SSSR count). The lowest BCUT2D eigenvalue weighted by molar-refractivity contribution is -0.141. The molecule has 0 unspecified atom stereocenters. The number of nitrogens with zero attached hydrogens (tertiary/aromatic N) is 2. The molecule has 0 aliphatic heterocycles. The van der Waals surface area contributed by atoms with Crippen molar-refractivity contribution in [3.63, 3.8) is 0 Å². The maximum Gasteiger partial charge on any atom is 0.325 e. The van der Waals surface area contributed by atoms with E-state index in [1.807, 2.05) is 18.6 Å². The predicted molar refractivity (Wildman–Crippen MR) is 140 cm³/mol. The molecular weight excluding hydrogens is 512 g/mol. The first kappa shape index (κ1) is 30.4. The molecule has 0 atom stereocenters. The van der Waals surface area contributed by atoms with Gasteiger partial charge in [-0.05, 0) is 56.2 Å². The van der Waals surface area contributed by atoms with E-state index >= 15 is 0 Å². The van der Waals surface area contributed by atoms with Gasteiger partial charge >= 0.3 is 5.97 Å². The van der Waals surface area contributed by atoms with E-state index in [1.54, 1.807) is 11.8 Å². The van der Waals surface area contributed by atoms with Crippen molar-refractivity contribution in [3.05, 3.63) is 59.4 Å². The lowest BCUT2D eigenvalue weighted by Crippen LogP contribution is -2.33. The fourth-order valence-corrected chi connectivity index (χ4v) is 4.30. The third-order valence-electron chi connectivity index (χ3n) is 5.45. The molecule has 206 valence electrons. The lowest BCUT2D eigenvalue weighted by atomic mass is 10.1. The number of ether oxygens (including phenoxy) is 1. The van der Waals surface area contributed by atoms with Gasteiger partial charge in [0.15, 0.2) is 0 Å². The Morgan fingerprint density at radius 3 is 2.00 bits per heavy atom. The SMILES string of the molecule is CCCCN(CCCC)C(=O)c1ccc(S(=O)(=O)NC(=O)c2ccc(C(=O)NCC(=O)OCC)nc2)cc1. The first-order chi connectivity index (χ1) is 18.1. The van der Waals surface area contributed by atoms with E-state index in [-0.39, 0.29) is 35.2 Å². The molecule has 0 saturated heterocycles. The van der Waals surface area contributed by atoms with E-state index in [0.717, 1.165) is 31.9 Å². The number of unbranched alkanes of at least 4 members (excludes halogenated alkanes) is 2. The maximum absolute atomic E-state index is 12.9. The predicted octanol–water partition coefficient (Wildman–Crippen LogP) is 2.54. The third kappa shape index (κ3) is 8.94. The summed E-state index contributed by atoms with van der Waals surface area (Å²) in [5.41, 5.74) is 0.203. The van der Waals surface area contributed by atoms with Gasteiger partial charge in [-0.2, -0.15) is 0 Å². The normalized spacial score (nSPS) is 10.9. The third-order valence-corrected chi connectivity index (χ3v) is 6.79. The molecular formula is C26H34N4O7S. The largest absolute Gasteiger partial charge is 0.465 e. The molecule has 3 amide bonds. The second-order valence-electron chi connectivity index (χ2n) is 8.38. The van der Waals surface area contributed by atoms with Crippen molar-refractivity contribution < 1.29 is 32.3 Å². The van der Waals surface area contributed by atoms with Crippen molar-refractivity contribution in [2.75, 3.05) is 26.2 Å². The highest BCUT2D eigenvalue weighted by Gasteiger charge is 2.21. The quantitative estimate of drug-likeness (QED) is 0.343. The second kappa shape index (κ2) is 14.8. The summed E-state index contributed by atoms with van der Waals surface area (Å²) in [7, 11) is -4.23. The topological polar surface area (TPSA) is 152 Å². The van der Waals surface area contributed by atoms with E-state index in [2.05, 4.69) is 10.3 Å². The molecule has 0 radical (unpaired) electrons. The summed E-state index contributed by atoms with van der Waals surface area (Å²) >= 11 is 0. The number of rotatable bonds is 14. The van der Waals surface area contributed by atoms with Crippen molar-refractivity contribution >= 4 is 33.7 Å². The minimum Gasteiger partial charge on any atom is -0.465 e. The lowest BCUT2D eigenvalue weighted by Gasteiger charge is -2.22. The van der Waals surface area contributed by atoms with Crippen molar-refractivity contribution in [2.45, 2.75) is 51.3 Å². The van der Waals surface area contributed by atoms with Gasteiger partial charge in [0.2, 0.25) is 0 Å². The van der Waals surface area contributed by atoms with Crippen LogP contribution >= 0.6 is 0 Å². The Balaban J connectivity index is 2.04. The maximum atomic E-state index is 12.9. The summed E-state index contributed by atoms with van der Waals surface area (Å²) in [6.45, 7) is 6.83. The van der Waals surface area contributed by atoms with Crippen molar-refractivity contribution in [2.24, 2.45) is 0 Å². The molecule has 12 heteroatoms. The smallest absolute Gasteiger partial charge is 0.325 e. The molecule has 0 fully saturated rings. The van der Waals surface area contributed by atoms with E-state index in [9.17, 15) is 27.6 Å². The van der Waals surface area contributed by atoms with Crippen LogP contribution in [0.5, 0.6) is 0 Å². The summed E-state index contributed by atoms with van der Waals surface area (Å²) < 4.78 is 32.1. The summed E-state index contributed by atoms with van der Waals surface area (Å²) in [6.07, 6.45) is 4.71. The van der Waals surface area contributed by atoms with E-state index in [0.29, 0.717) is 18.7 Å². The molecule has 0 bridgehead atoms. The number of carbonyl (C=O) groups is 4.